The highest BCUT2D eigenvalue weighted by Crippen LogP contribution is 2.19. The maximum absolute atomic E-state index is 12.9. The summed E-state index contributed by atoms with van der Waals surface area (Å²) in [6.07, 6.45) is 37.4. The highest BCUT2D eigenvalue weighted by atomic mass is 16.6. The quantitative estimate of drug-likeness (QED) is 0.0352. The second-order valence-electron chi connectivity index (χ2n) is 18.7. The lowest BCUT2D eigenvalue weighted by Crippen LogP contribution is -2.30. The van der Waals surface area contributed by atoms with E-state index >= 15 is 0 Å². The third-order valence-corrected chi connectivity index (χ3v) is 12.3. The minimum absolute atomic E-state index is 0.0135. The summed E-state index contributed by atoms with van der Waals surface area (Å²) in [6.45, 7) is 14.5. The Hall–Kier alpha value is -1.83. The molecule has 0 fully saturated rings. The van der Waals surface area contributed by atoms with Crippen LogP contribution >= 0.6 is 0 Å². The van der Waals surface area contributed by atoms with Gasteiger partial charge >= 0.3 is 17.9 Å². The number of nitrogens with two attached hydrogens (primary N) is 1. The zero-order valence-electron chi connectivity index (χ0n) is 44.1. The van der Waals surface area contributed by atoms with Crippen molar-refractivity contribution in [1.82, 2.24) is 4.90 Å². The standard InChI is InChI=1S/C55H108N2O10/c1-4-7-10-13-16-25-32-42-65-53(58)35-28-21-17-23-30-39-57(41-45-66-54(59)37-43-61-46-48-63-50-51-64-49-47-62-44-38-56)40-31-24-18-22-29-36-55(60)67-52(33-26-19-14-11-8-5-2)34-27-20-15-12-9-6-3/h52H,4-51,56H2,1-3H3. The van der Waals surface area contributed by atoms with Crippen LogP contribution < -0.4 is 5.73 Å². The van der Waals surface area contributed by atoms with Gasteiger partial charge in [0.1, 0.15) is 12.7 Å². The van der Waals surface area contributed by atoms with Crippen molar-refractivity contribution in [3.63, 3.8) is 0 Å². The van der Waals surface area contributed by atoms with Crippen LogP contribution in [0.4, 0.5) is 0 Å². The molecule has 67 heavy (non-hydrogen) atoms. The SMILES string of the molecule is CCCCCCCCCOC(=O)CCCCCCCN(CCCCCCCC(=O)OC(CCCCCCCC)CCCCCCCC)CCOC(=O)CCOCCOCCOCCOCCN. The molecule has 0 saturated carbocycles. The van der Waals surface area contributed by atoms with Crippen molar-refractivity contribution in [3.05, 3.63) is 0 Å². The van der Waals surface area contributed by atoms with E-state index in [-0.39, 0.29) is 30.4 Å². The lowest BCUT2D eigenvalue weighted by Gasteiger charge is -2.22. The first-order valence-corrected chi connectivity index (χ1v) is 28.2. The Morgan fingerprint density at radius 1 is 0.358 bits per heavy atom. The third-order valence-electron chi connectivity index (χ3n) is 12.3. The molecule has 0 amide bonds. The number of carbonyl (C=O) groups is 3. The fourth-order valence-corrected chi connectivity index (χ4v) is 8.10. The molecule has 0 aromatic carbocycles. The second kappa shape index (κ2) is 55.1. The summed E-state index contributed by atoms with van der Waals surface area (Å²) in [5.74, 6) is -0.320. The lowest BCUT2D eigenvalue weighted by molar-refractivity contribution is -0.150. The number of carbonyl (C=O) groups excluding carboxylic acids is 3. The molecule has 0 spiro atoms. The van der Waals surface area contributed by atoms with Crippen molar-refractivity contribution in [2.75, 3.05) is 92.2 Å². The van der Waals surface area contributed by atoms with Crippen molar-refractivity contribution >= 4 is 17.9 Å². The van der Waals surface area contributed by atoms with Gasteiger partial charge in [0.05, 0.1) is 65.9 Å². The molecule has 12 heteroatoms. The van der Waals surface area contributed by atoms with Gasteiger partial charge in [0.25, 0.3) is 0 Å². The predicted octanol–water partition coefficient (Wildman–Crippen LogP) is 12.6. The molecule has 0 rings (SSSR count). The van der Waals surface area contributed by atoms with E-state index in [1.54, 1.807) is 0 Å². The van der Waals surface area contributed by atoms with E-state index in [9.17, 15) is 14.4 Å². The van der Waals surface area contributed by atoms with E-state index in [0.717, 1.165) is 116 Å². The monoisotopic (exact) mass is 957 g/mol. The highest BCUT2D eigenvalue weighted by Gasteiger charge is 2.15. The summed E-state index contributed by atoms with van der Waals surface area (Å²) in [6, 6.07) is 0. The van der Waals surface area contributed by atoms with E-state index in [0.29, 0.717) is 92.0 Å². The van der Waals surface area contributed by atoms with Gasteiger partial charge in [-0.15, -0.1) is 0 Å². The zero-order chi connectivity index (χ0) is 48.8. The molecule has 0 aliphatic rings. The first-order chi connectivity index (χ1) is 33.0. The van der Waals surface area contributed by atoms with Crippen LogP contribution in [-0.2, 0) is 47.5 Å². The van der Waals surface area contributed by atoms with Crippen LogP contribution in [0.2, 0.25) is 0 Å². The van der Waals surface area contributed by atoms with Crippen LogP contribution in [0.3, 0.4) is 0 Å². The minimum Gasteiger partial charge on any atom is -0.466 e. The fourth-order valence-electron chi connectivity index (χ4n) is 8.10. The molecule has 0 atom stereocenters. The number of rotatable bonds is 56. The second-order valence-corrected chi connectivity index (χ2v) is 18.7. The van der Waals surface area contributed by atoms with Crippen LogP contribution in [0.5, 0.6) is 0 Å². The van der Waals surface area contributed by atoms with Gasteiger partial charge in [0.2, 0.25) is 0 Å². The Morgan fingerprint density at radius 2 is 0.731 bits per heavy atom. The molecule has 0 heterocycles. The maximum Gasteiger partial charge on any atom is 0.308 e. The molecule has 0 aromatic rings. The van der Waals surface area contributed by atoms with Crippen molar-refractivity contribution in [2.24, 2.45) is 5.73 Å². The van der Waals surface area contributed by atoms with Crippen molar-refractivity contribution in [3.8, 4) is 0 Å². The Labute approximate surface area is 412 Å². The number of esters is 3. The van der Waals surface area contributed by atoms with E-state index in [1.807, 2.05) is 0 Å². The fraction of sp³-hybridized carbons (Fsp3) is 0.945. The molecular weight excluding hydrogens is 849 g/mol. The topological polar surface area (TPSA) is 145 Å². The number of unbranched alkanes of at least 4 members (excludes halogenated alkanes) is 24. The Balaban J connectivity index is 4.55. The molecule has 0 radical (unpaired) electrons. The summed E-state index contributed by atoms with van der Waals surface area (Å²) in [4.78, 5) is 40.0. The first-order valence-electron chi connectivity index (χ1n) is 28.2. The molecular formula is C55H108N2O10. The van der Waals surface area contributed by atoms with Crippen LogP contribution in [0, 0.1) is 0 Å². The van der Waals surface area contributed by atoms with Gasteiger partial charge in [0, 0.05) is 25.9 Å². The van der Waals surface area contributed by atoms with Gasteiger partial charge < -0.3 is 38.9 Å². The highest BCUT2D eigenvalue weighted by molar-refractivity contribution is 5.70. The number of nitrogens with zero attached hydrogens (tertiary/aromatic N) is 1. The average Bonchev–Trinajstić information content (AvgIpc) is 3.32. The Kier molecular flexibility index (Phi) is 53.6. The summed E-state index contributed by atoms with van der Waals surface area (Å²) < 4.78 is 38.9. The Bertz CT molecular complexity index is 1020. The molecule has 398 valence electrons. The zero-order valence-corrected chi connectivity index (χ0v) is 44.1. The minimum atomic E-state index is -0.248. The summed E-state index contributed by atoms with van der Waals surface area (Å²) in [7, 11) is 0. The first kappa shape index (κ1) is 65.2. The molecule has 12 nitrogen and oxygen atoms in total. The summed E-state index contributed by atoms with van der Waals surface area (Å²) in [5, 5.41) is 0. The number of hydrogen-bond acceptors (Lipinski definition) is 12. The molecule has 0 aliphatic heterocycles. The summed E-state index contributed by atoms with van der Waals surface area (Å²) in [5.41, 5.74) is 5.39. The van der Waals surface area contributed by atoms with E-state index < -0.39 is 0 Å². The smallest absolute Gasteiger partial charge is 0.308 e. The number of hydrogen-bond donors (Lipinski definition) is 1. The summed E-state index contributed by atoms with van der Waals surface area (Å²) >= 11 is 0. The molecule has 2 N–H and O–H groups in total. The van der Waals surface area contributed by atoms with Crippen LogP contribution in [0.25, 0.3) is 0 Å². The van der Waals surface area contributed by atoms with Crippen LogP contribution in [0.15, 0.2) is 0 Å². The van der Waals surface area contributed by atoms with Gasteiger partial charge in [-0.25, -0.2) is 0 Å². The van der Waals surface area contributed by atoms with Gasteiger partial charge in [-0.1, -0.05) is 162 Å². The molecule has 0 saturated heterocycles. The van der Waals surface area contributed by atoms with Crippen LogP contribution in [0.1, 0.15) is 239 Å². The predicted molar refractivity (Wildman–Crippen MR) is 275 cm³/mol. The molecule has 0 unspecified atom stereocenters. The third kappa shape index (κ3) is 51.8. The Morgan fingerprint density at radius 3 is 1.22 bits per heavy atom. The lowest BCUT2D eigenvalue weighted by atomic mass is 10.0. The van der Waals surface area contributed by atoms with E-state index in [4.69, 9.17) is 38.9 Å². The maximum atomic E-state index is 12.9. The molecule has 0 aromatic heterocycles. The van der Waals surface area contributed by atoms with E-state index in [1.165, 1.54) is 96.3 Å². The van der Waals surface area contributed by atoms with Crippen molar-refractivity contribution in [2.45, 2.75) is 245 Å². The largest absolute Gasteiger partial charge is 0.466 e. The van der Waals surface area contributed by atoms with Crippen molar-refractivity contribution in [1.29, 1.82) is 0 Å². The number of ether oxygens (including phenoxy) is 7. The van der Waals surface area contributed by atoms with Gasteiger partial charge in [-0.2, -0.15) is 0 Å². The van der Waals surface area contributed by atoms with E-state index in [2.05, 4.69) is 25.7 Å². The normalized spacial score (nSPS) is 11.6. The average molecular weight is 957 g/mol. The van der Waals surface area contributed by atoms with Gasteiger partial charge in [-0.05, 0) is 70.9 Å². The molecule has 0 aliphatic carbocycles. The van der Waals surface area contributed by atoms with Gasteiger partial charge in [0.15, 0.2) is 0 Å². The van der Waals surface area contributed by atoms with Crippen LogP contribution in [-0.4, -0.2) is 121 Å². The van der Waals surface area contributed by atoms with Gasteiger partial charge in [-0.3, -0.25) is 19.3 Å². The van der Waals surface area contributed by atoms with Crippen molar-refractivity contribution < 1.29 is 47.5 Å². The molecule has 0 bridgehead atoms.